The van der Waals surface area contributed by atoms with Gasteiger partial charge in [0, 0.05) is 31.4 Å². The zero-order chi connectivity index (χ0) is 22.4. The number of nitrogens with two attached hydrogens (primary N) is 2. The average Bonchev–Trinajstić information content (AvgIpc) is 3.41. The number of fused-ring (bicyclic) bond motifs is 2. The van der Waals surface area contributed by atoms with E-state index in [1.54, 1.807) is 0 Å². The molecular weight excluding hydrogens is 444 g/mol. The minimum absolute atomic E-state index is 0.00596. The van der Waals surface area contributed by atoms with Crippen molar-refractivity contribution in [2.24, 2.45) is 5.73 Å². The standard InChI is InChI=1S/C22H28N6O2S2/c1-3-30-16-10-28(9-14(16)23)17-7-4-12-8-13(5-6-15(12)27-17)26-21(29)19-18(24)20-22(32-19)25-11(2)31-20/h4,7,13-14,16H,3,5-6,8-10,23-24H2,1-2H3,(H,26,29). The maximum absolute atomic E-state index is 12.9. The van der Waals surface area contributed by atoms with Gasteiger partial charge < -0.3 is 26.4 Å². The van der Waals surface area contributed by atoms with Crippen LogP contribution >= 0.6 is 22.7 Å². The van der Waals surface area contributed by atoms with Gasteiger partial charge >= 0.3 is 0 Å². The van der Waals surface area contributed by atoms with Crippen LogP contribution in [0.5, 0.6) is 0 Å². The van der Waals surface area contributed by atoms with Gasteiger partial charge in [-0.1, -0.05) is 6.07 Å². The fourth-order valence-electron chi connectivity index (χ4n) is 4.60. The summed E-state index contributed by atoms with van der Waals surface area (Å²) >= 11 is 2.91. The van der Waals surface area contributed by atoms with E-state index in [0.717, 1.165) is 58.4 Å². The number of hydrogen-bond acceptors (Lipinski definition) is 9. The number of nitrogen functional groups attached to an aromatic ring is 1. The van der Waals surface area contributed by atoms with Crippen LogP contribution in [0.1, 0.15) is 39.3 Å². The highest BCUT2D eigenvalue weighted by Crippen LogP contribution is 2.37. The molecule has 2 aliphatic rings. The minimum atomic E-state index is -0.110. The number of nitrogens with zero attached hydrogens (tertiary/aromatic N) is 3. The first kappa shape index (κ1) is 21.6. The molecule has 0 saturated carbocycles. The van der Waals surface area contributed by atoms with Crippen molar-refractivity contribution in [2.45, 2.75) is 51.3 Å². The van der Waals surface area contributed by atoms with E-state index in [4.69, 9.17) is 21.2 Å². The Kier molecular flexibility index (Phi) is 5.79. The zero-order valence-corrected chi connectivity index (χ0v) is 19.9. The Balaban J connectivity index is 1.25. The molecule has 3 aromatic heterocycles. The van der Waals surface area contributed by atoms with E-state index in [9.17, 15) is 4.79 Å². The summed E-state index contributed by atoms with van der Waals surface area (Å²) < 4.78 is 6.66. The van der Waals surface area contributed by atoms with Crippen molar-refractivity contribution >= 4 is 49.6 Å². The van der Waals surface area contributed by atoms with Crippen LogP contribution < -0.4 is 21.7 Å². The molecule has 0 radical (unpaired) electrons. The summed E-state index contributed by atoms with van der Waals surface area (Å²) in [5.74, 6) is 0.847. The zero-order valence-electron chi connectivity index (χ0n) is 18.3. The van der Waals surface area contributed by atoms with Crippen LogP contribution in [0.15, 0.2) is 12.1 Å². The molecule has 3 atom stereocenters. The van der Waals surface area contributed by atoms with Crippen LogP contribution in [-0.2, 0) is 17.6 Å². The highest BCUT2D eigenvalue weighted by atomic mass is 32.1. The van der Waals surface area contributed by atoms with Gasteiger partial charge in [-0.05, 0) is 44.7 Å². The molecule has 3 aromatic rings. The van der Waals surface area contributed by atoms with E-state index in [0.29, 0.717) is 17.2 Å². The Hall–Kier alpha value is -2.27. The second-order valence-electron chi connectivity index (χ2n) is 8.46. The molecule has 0 aromatic carbocycles. The molecule has 1 fully saturated rings. The molecule has 170 valence electrons. The lowest BCUT2D eigenvalue weighted by Crippen LogP contribution is -2.39. The number of carbonyl (C=O) groups is 1. The summed E-state index contributed by atoms with van der Waals surface area (Å²) in [7, 11) is 0. The summed E-state index contributed by atoms with van der Waals surface area (Å²) in [5.41, 5.74) is 15.3. The van der Waals surface area contributed by atoms with Gasteiger partial charge in [0.25, 0.3) is 5.91 Å². The van der Waals surface area contributed by atoms with E-state index >= 15 is 0 Å². The topological polar surface area (TPSA) is 119 Å². The molecule has 8 nitrogen and oxygen atoms in total. The number of ether oxygens (including phenoxy) is 1. The van der Waals surface area contributed by atoms with E-state index < -0.39 is 0 Å². The number of rotatable bonds is 5. The second kappa shape index (κ2) is 8.58. The lowest BCUT2D eigenvalue weighted by Gasteiger charge is -2.26. The first-order chi connectivity index (χ1) is 15.4. The Morgan fingerprint density at radius 2 is 2.16 bits per heavy atom. The molecule has 1 aliphatic heterocycles. The average molecular weight is 473 g/mol. The monoisotopic (exact) mass is 472 g/mol. The van der Waals surface area contributed by atoms with Gasteiger partial charge in [0.05, 0.1) is 27.5 Å². The molecule has 1 saturated heterocycles. The first-order valence-corrected chi connectivity index (χ1v) is 12.6. The van der Waals surface area contributed by atoms with Crippen LogP contribution in [0.3, 0.4) is 0 Å². The third-order valence-corrected chi connectivity index (χ3v) is 8.43. The highest BCUT2D eigenvalue weighted by Gasteiger charge is 2.32. The van der Waals surface area contributed by atoms with E-state index in [1.165, 1.54) is 28.2 Å². The number of thiophene rings is 1. The maximum Gasteiger partial charge on any atom is 0.263 e. The van der Waals surface area contributed by atoms with Crippen molar-refractivity contribution in [1.29, 1.82) is 0 Å². The second-order valence-corrected chi connectivity index (χ2v) is 10.7. The largest absolute Gasteiger partial charge is 0.396 e. The number of pyridine rings is 1. The third-order valence-electron chi connectivity index (χ3n) is 6.20. The molecule has 4 heterocycles. The van der Waals surface area contributed by atoms with E-state index in [-0.39, 0.29) is 24.1 Å². The summed E-state index contributed by atoms with van der Waals surface area (Å²) in [6.07, 6.45) is 2.51. The van der Waals surface area contributed by atoms with Crippen LogP contribution in [0.4, 0.5) is 11.5 Å². The molecule has 10 heteroatoms. The number of thiazole rings is 1. The van der Waals surface area contributed by atoms with Gasteiger partial charge in [0.1, 0.15) is 15.5 Å². The number of aromatic nitrogens is 2. The van der Waals surface area contributed by atoms with Gasteiger partial charge in [-0.15, -0.1) is 22.7 Å². The number of anilines is 2. The van der Waals surface area contributed by atoms with Crippen molar-refractivity contribution in [1.82, 2.24) is 15.3 Å². The van der Waals surface area contributed by atoms with Gasteiger partial charge in [-0.25, -0.2) is 9.97 Å². The molecule has 1 aliphatic carbocycles. The molecule has 3 unspecified atom stereocenters. The van der Waals surface area contributed by atoms with Crippen molar-refractivity contribution < 1.29 is 9.53 Å². The van der Waals surface area contributed by atoms with E-state index in [2.05, 4.69) is 27.3 Å². The Labute approximate surface area is 195 Å². The fraction of sp³-hybridized carbons (Fsp3) is 0.500. The molecule has 0 bridgehead atoms. The molecular formula is C22H28N6O2S2. The number of hydrogen-bond donors (Lipinski definition) is 3. The van der Waals surface area contributed by atoms with Crippen LogP contribution in [-0.4, -0.2) is 53.8 Å². The summed E-state index contributed by atoms with van der Waals surface area (Å²) in [6.45, 7) is 6.14. The first-order valence-electron chi connectivity index (χ1n) is 11.0. The number of carbonyl (C=O) groups excluding carboxylic acids is 1. The lowest BCUT2D eigenvalue weighted by molar-refractivity contribution is 0.0680. The summed E-state index contributed by atoms with van der Waals surface area (Å²) in [6, 6.07) is 4.27. The quantitative estimate of drug-likeness (QED) is 0.522. The summed E-state index contributed by atoms with van der Waals surface area (Å²) in [4.78, 5) is 25.9. The third kappa shape index (κ3) is 3.96. The van der Waals surface area contributed by atoms with Crippen molar-refractivity contribution in [3.05, 3.63) is 33.3 Å². The van der Waals surface area contributed by atoms with Gasteiger partial charge in [-0.3, -0.25) is 4.79 Å². The highest BCUT2D eigenvalue weighted by molar-refractivity contribution is 7.29. The van der Waals surface area contributed by atoms with Crippen LogP contribution in [0.25, 0.3) is 9.53 Å². The SMILES string of the molecule is CCOC1CN(c2ccc3c(n2)CCC(NC(=O)c2sc4nc(C)sc4c2N)C3)CC1N. The van der Waals surface area contributed by atoms with Crippen molar-refractivity contribution in [2.75, 3.05) is 30.3 Å². The molecule has 5 rings (SSSR count). The molecule has 32 heavy (non-hydrogen) atoms. The Morgan fingerprint density at radius 1 is 1.31 bits per heavy atom. The minimum Gasteiger partial charge on any atom is -0.396 e. The smallest absolute Gasteiger partial charge is 0.263 e. The molecule has 5 N–H and O–H groups in total. The normalized spacial score (nSPS) is 23.0. The summed E-state index contributed by atoms with van der Waals surface area (Å²) in [5, 5.41) is 4.14. The van der Waals surface area contributed by atoms with Crippen molar-refractivity contribution in [3.63, 3.8) is 0 Å². The Bertz CT molecular complexity index is 1160. The number of amides is 1. The van der Waals surface area contributed by atoms with Gasteiger partial charge in [0.2, 0.25) is 0 Å². The number of nitrogens with one attached hydrogen (secondary N) is 1. The molecule has 1 amide bonds. The Morgan fingerprint density at radius 3 is 2.94 bits per heavy atom. The van der Waals surface area contributed by atoms with E-state index in [1.807, 2.05) is 13.8 Å². The van der Waals surface area contributed by atoms with Crippen LogP contribution in [0, 0.1) is 6.92 Å². The van der Waals surface area contributed by atoms with Crippen LogP contribution in [0.2, 0.25) is 0 Å². The maximum atomic E-state index is 12.9. The predicted molar refractivity (Wildman–Crippen MR) is 130 cm³/mol. The predicted octanol–water partition coefficient (Wildman–Crippen LogP) is 2.48. The number of aryl methyl sites for hydroxylation is 2. The molecule has 0 spiro atoms. The lowest BCUT2D eigenvalue weighted by atomic mass is 9.91. The van der Waals surface area contributed by atoms with Gasteiger partial charge in [-0.2, -0.15) is 0 Å². The van der Waals surface area contributed by atoms with Crippen molar-refractivity contribution in [3.8, 4) is 0 Å². The fourth-order valence-corrected chi connectivity index (χ4v) is 6.69. The van der Waals surface area contributed by atoms with Gasteiger partial charge in [0.15, 0.2) is 0 Å².